The van der Waals surface area contributed by atoms with Crippen LogP contribution >= 0.6 is 0 Å². The van der Waals surface area contributed by atoms with E-state index in [2.05, 4.69) is 4.90 Å². The lowest BCUT2D eigenvalue weighted by Gasteiger charge is -2.29. The molecule has 0 aromatic carbocycles. The molecule has 13 heavy (non-hydrogen) atoms. The van der Waals surface area contributed by atoms with Gasteiger partial charge < -0.3 is 5.11 Å². The summed E-state index contributed by atoms with van der Waals surface area (Å²) >= 11 is 0. The molecule has 0 aromatic heterocycles. The summed E-state index contributed by atoms with van der Waals surface area (Å²) in [6, 6.07) is 0. The fraction of sp³-hybridized carbons (Fsp3) is 1.00. The van der Waals surface area contributed by atoms with E-state index in [9.17, 15) is 9.50 Å². The maximum absolute atomic E-state index is 13.2. The van der Waals surface area contributed by atoms with Gasteiger partial charge in [-0.05, 0) is 32.2 Å². The Kier molecular flexibility index (Phi) is 1.42. The highest BCUT2D eigenvalue weighted by Gasteiger charge is 2.66. The number of aliphatic hydroxyl groups is 1. The first-order chi connectivity index (χ1) is 6.21. The van der Waals surface area contributed by atoms with Gasteiger partial charge in [-0.15, -0.1) is 0 Å². The van der Waals surface area contributed by atoms with E-state index < -0.39 is 6.17 Å². The standard InChI is InChI=1S/C10H16FNO/c11-8-4-9(8)5-10(7-13)2-1-3-12(10)6-9/h8,13H,1-7H2/t8-,9-,10+/m1/s1. The Hall–Kier alpha value is -0.150. The molecule has 1 N–H and O–H groups in total. The van der Waals surface area contributed by atoms with Crippen molar-refractivity contribution < 1.29 is 9.50 Å². The third kappa shape index (κ3) is 0.895. The quantitative estimate of drug-likeness (QED) is 0.657. The molecule has 3 fully saturated rings. The average Bonchev–Trinajstić information content (AvgIpc) is 2.43. The second kappa shape index (κ2) is 2.26. The van der Waals surface area contributed by atoms with E-state index in [1.807, 2.05) is 0 Å². The number of hydrogen-bond acceptors (Lipinski definition) is 2. The first-order valence-corrected chi connectivity index (χ1v) is 5.21. The first kappa shape index (κ1) is 8.18. The van der Waals surface area contributed by atoms with E-state index in [0.29, 0.717) is 0 Å². The summed E-state index contributed by atoms with van der Waals surface area (Å²) in [7, 11) is 0. The molecule has 2 heterocycles. The summed E-state index contributed by atoms with van der Waals surface area (Å²) in [6.07, 6.45) is 3.30. The molecule has 3 aliphatic rings. The molecule has 2 nitrogen and oxygen atoms in total. The zero-order chi connectivity index (χ0) is 9.10. The highest BCUT2D eigenvalue weighted by molar-refractivity contribution is 5.18. The first-order valence-electron chi connectivity index (χ1n) is 5.21. The van der Waals surface area contributed by atoms with Crippen LogP contribution in [0.3, 0.4) is 0 Å². The zero-order valence-corrected chi connectivity index (χ0v) is 7.80. The van der Waals surface area contributed by atoms with E-state index in [4.69, 9.17) is 0 Å². The molecule has 3 rings (SSSR count). The van der Waals surface area contributed by atoms with E-state index in [-0.39, 0.29) is 17.6 Å². The number of hydrogen-bond donors (Lipinski definition) is 1. The van der Waals surface area contributed by atoms with E-state index in [0.717, 1.165) is 32.4 Å². The summed E-state index contributed by atoms with van der Waals surface area (Å²) in [4.78, 5) is 2.33. The van der Waals surface area contributed by atoms with Gasteiger partial charge in [-0.1, -0.05) is 0 Å². The van der Waals surface area contributed by atoms with E-state index in [1.165, 1.54) is 6.42 Å². The fourth-order valence-electron chi connectivity index (χ4n) is 3.41. The molecule has 3 heteroatoms. The molecule has 0 aromatic rings. The molecule has 2 aliphatic heterocycles. The monoisotopic (exact) mass is 185 g/mol. The van der Waals surface area contributed by atoms with Crippen molar-refractivity contribution in [1.29, 1.82) is 0 Å². The van der Waals surface area contributed by atoms with Gasteiger partial charge in [-0.2, -0.15) is 0 Å². The molecule has 1 saturated carbocycles. The molecular formula is C10H16FNO. The van der Waals surface area contributed by atoms with Gasteiger partial charge in [0.15, 0.2) is 0 Å². The van der Waals surface area contributed by atoms with Crippen molar-refractivity contribution in [3.05, 3.63) is 0 Å². The highest BCUT2D eigenvalue weighted by atomic mass is 19.1. The van der Waals surface area contributed by atoms with Gasteiger partial charge >= 0.3 is 0 Å². The Labute approximate surface area is 77.7 Å². The molecular weight excluding hydrogens is 169 g/mol. The zero-order valence-electron chi connectivity index (χ0n) is 7.80. The van der Waals surface area contributed by atoms with Crippen molar-refractivity contribution in [3.8, 4) is 0 Å². The number of halogens is 1. The molecule has 3 atom stereocenters. The van der Waals surface area contributed by atoms with E-state index >= 15 is 0 Å². The number of nitrogens with zero attached hydrogens (tertiary/aromatic N) is 1. The van der Waals surface area contributed by atoms with Gasteiger partial charge in [0.1, 0.15) is 6.17 Å². The summed E-state index contributed by atoms with van der Waals surface area (Å²) in [5.74, 6) is 0. The van der Waals surface area contributed by atoms with Crippen molar-refractivity contribution in [2.24, 2.45) is 5.41 Å². The van der Waals surface area contributed by atoms with Gasteiger partial charge in [-0.3, -0.25) is 4.90 Å². The normalized spacial score (nSPS) is 54.5. The molecule has 2 saturated heterocycles. The van der Waals surface area contributed by atoms with Crippen molar-refractivity contribution >= 4 is 0 Å². The van der Waals surface area contributed by atoms with Crippen LogP contribution in [0.15, 0.2) is 0 Å². The third-order valence-electron chi connectivity index (χ3n) is 4.31. The summed E-state index contributed by atoms with van der Waals surface area (Å²) < 4.78 is 13.2. The minimum atomic E-state index is -0.582. The number of fused-ring (bicyclic) bond motifs is 1. The molecule has 0 unspecified atom stereocenters. The van der Waals surface area contributed by atoms with Crippen molar-refractivity contribution in [1.82, 2.24) is 4.90 Å². The van der Waals surface area contributed by atoms with Crippen LogP contribution in [0.25, 0.3) is 0 Å². The number of aliphatic hydroxyl groups excluding tert-OH is 1. The van der Waals surface area contributed by atoms with Crippen molar-refractivity contribution in [2.75, 3.05) is 19.7 Å². The van der Waals surface area contributed by atoms with Gasteiger partial charge in [0.25, 0.3) is 0 Å². The van der Waals surface area contributed by atoms with Gasteiger partial charge in [-0.25, -0.2) is 4.39 Å². The van der Waals surface area contributed by atoms with Crippen LogP contribution in [-0.2, 0) is 0 Å². The molecule has 0 amide bonds. The minimum Gasteiger partial charge on any atom is -0.394 e. The number of alkyl halides is 1. The van der Waals surface area contributed by atoms with E-state index in [1.54, 1.807) is 0 Å². The van der Waals surface area contributed by atoms with Crippen molar-refractivity contribution in [3.63, 3.8) is 0 Å². The van der Waals surface area contributed by atoms with Crippen LogP contribution in [0, 0.1) is 5.41 Å². The van der Waals surface area contributed by atoms with Crippen LogP contribution in [-0.4, -0.2) is 41.4 Å². The maximum atomic E-state index is 13.2. The van der Waals surface area contributed by atoms with Crippen LogP contribution in [0.1, 0.15) is 25.7 Å². The Balaban J connectivity index is 1.86. The molecule has 1 spiro atoms. The molecule has 0 bridgehead atoms. The topological polar surface area (TPSA) is 23.5 Å². The fourth-order valence-corrected chi connectivity index (χ4v) is 3.41. The van der Waals surface area contributed by atoms with Gasteiger partial charge in [0.2, 0.25) is 0 Å². The minimum absolute atomic E-state index is 0.0269. The Morgan fingerprint density at radius 2 is 2.31 bits per heavy atom. The SMILES string of the molecule is OC[C@@]12CCCN1C[C@@]1(C[C@H]1F)C2. The lowest BCUT2D eigenvalue weighted by atomic mass is 9.89. The van der Waals surface area contributed by atoms with Crippen LogP contribution in [0.5, 0.6) is 0 Å². The van der Waals surface area contributed by atoms with Crippen LogP contribution in [0.4, 0.5) is 4.39 Å². The number of rotatable bonds is 1. The lowest BCUT2D eigenvalue weighted by Crippen LogP contribution is -2.41. The third-order valence-corrected chi connectivity index (χ3v) is 4.31. The maximum Gasteiger partial charge on any atom is 0.108 e. The Morgan fingerprint density at radius 3 is 2.85 bits per heavy atom. The van der Waals surface area contributed by atoms with Gasteiger partial charge in [0.05, 0.1) is 6.61 Å². The largest absolute Gasteiger partial charge is 0.394 e. The highest BCUT2D eigenvalue weighted by Crippen LogP contribution is 2.61. The second-order valence-electron chi connectivity index (χ2n) is 5.12. The van der Waals surface area contributed by atoms with Crippen LogP contribution in [0.2, 0.25) is 0 Å². The molecule has 1 aliphatic carbocycles. The predicted octanol–water partition coefficient (Wildman–Crippen LogP) is 0.945. The van der Waals surface area contributed by atoms with Crippen molar-refractivity contribution in [2.45, 2.75) is 37.4 Å². The van der Waals surface area contributed by atoms with Crippen LogP contribution < -0.4 is 0 Å². The summed E-state index contributed by atoms with van der Waals surface area (Å²) in [5, 5.41) is 9.41. The average molecular weight is 185 g/mol. The summed E-state index contributed by atoms with van der Waals surface area (Å²) in [5.41, 5.74) is -0.0655. The van der Waals surface area contributed by atoms with Gasteiger partial charge in [0, 0.05) is 17.5 Å². The molecule has 0 radical (unpaired) electrons. The Morgan fingerprint density at radius 1 is 1.54 bits per heavy atom. The Bertz CT molecular complexity index is 247. The second-order valence-corrected chi connectivity index (χ2v) is 5.12. The summed E-state index contributed by atoms with van der Waals surface area (Å²) in [6.45, 7) is 2.19. The smallest absolute Gasteiger partial charge is 0.108 e. The lowest BCUT2D eigenvalue weighted by molar-refractivity contribution is 0.0996. The predicted molar refractivity (Wildman–Crippen MR) is 47.2 cm³/mol. The molecule has 74 valence electrons.